The zero-order chi connectivity index (χ0) is 33.0. The van der Waals surface area contributed by atoms with E-state index in [4.69, 9.17) is 0 Å². The lowest BCUT2D eigenvalue weighted by molar-refractivity contribution is -0.143. The normalized spacial score (nSPS) is 15.1. The third kappa shape index (κ3) is 6.67. The molecular weight excluding hydrogens is 617 g/mol. The lowest BCUT2D eigenvalue weighted by atomic mass is 9.81. The van der Waals surface area contributed by atoms with Crippen molar-refractivity contribution in [2.24, 2.45) is 0 Å². The topological polar surface area (TPSA) is 73.8 Å². The van der Waals surface area contributed by atoms with Gasteiger partial charge in [-0.15, -0.1) is 0 Å². The Labute approximate surface area is 249 Å². The Morgan fingerprint density at radius 3 is 1.95 bits per heavy atom. The van der Waals surface area contributed by atoms with E-state index in [0.717, 1.165) is 11.2 Å². The van der Waals surface area contributed by atoms with E-state index in [-0.39, 0.29) is 25.0 Å². The molecule has 15 heteroatoms. The summed E-state index contributed by atoms with van der Waals surface area (Å²) in [5.41, 5.74) is -4.04. The molecule has 1 aliphatic heterocycles. The Bertz CT molecular complexity index is 1670. The van der Waals surface area contributed by atoms with Crippen LogP contribution >= 0.6 is 0 Å². The van der Waals surface area contributed by atoms with E-state index in [1.165, 1.54) is 49.6 Å². The monoisotopic (exact) mass is 646 g/mol. The number of halogens is 7. The first kappa shape index (κ1) is 33.2. The van der Waals surface area contributed by atoms with Crippen LogP contribution in [0.1, 0.15) is 36.1 Å². The van der Waals surface area contributed by atoms with E-state index in [0.29, 0.717) is 41.2 Å². The minimum atomic E-state index is -5.10. The van der Waals surface area contributed by atoms with Crippen LogP contribution < -0.4 is 9.80 Å². The number of pyridine rings is 1. The number of sulfonamides is 1. The Morgan fingerprint density at radius 2 is 1.45 bits per heavy atom. The van der Waals surface area contributed by atoms with Crippen LogP contribution in [0, 0.1) is 12.7 Å². The van der Waals surface area contributed by atoms with Crippen molar-refractivity contribution in [3.63, 3.8) is 0 Å². The third-order valence-electron chi connectivity index (χ3n) is 7.60. The molecule has 7 nitrogen and oxygen atoms in total. The van der Waals surface area contributed by atoms with Crippen LogP contribution in [-0.2, 0) is 32.6 Å². The maximum absolute atomic E-state index is 14.0. The summed E-state index contributed by atoms with van der Waals surface area (Å²) in [4.78, 5) is 21.1. The summed E-state index contributed by atoms with van der Waals surface area (Å²) in [6.45, 7) is 4.57. The number of benzene rings is 2. The zero-order valence-corrected chi connectivity index (χ0v) is 25.1. The van der Waals surface area contributed by atoms with Gasteiger partial charge in [0.15, 0.2) is 0 Å². The van der Waals surface area contributed by atoms with Crippen LogP contribution in [-0.4, -0.2) is 56.7 Å². The van der Waals surface area contributed by atoms with Gasteiger partial charge in [-0.25, -0.2) is 17.8 Å². The first-order valence-electron chi connectivity index (χ1n) is 13.2. The largest absolute Gasteiger partial charge is 0.416 e. The number of aryl methyl sites for hydroxylation is 1. The standard InChI is InChI=1S/C29H29F7N4O3S/c1-17-10-21(30)6-7-22(17)23-14-25(39-8-9-40(16-39)44(5,42)43)37-15-24(23)38(4)26(41)27(2,3)18-11-19(28(31,32)33)13-20(12-18)29(34,35)36/h6-7,10-15H,8-9,16H2,1-5H3. The second-order valence-electron chi connectivity index (χ2n) is 11.1. The molecule has 1 amide bonds. The molecule has 0 spiro atoms. The molecule has 0 aliphatic carbocycles. The number of carbonyl (C=O) groups is 1. The quantitative estimate of drug-likeness (QED) is 0.298. The minimum Gasteiger partial charge on any atom is -0.341 e. The molecule has 2 aromatic carbocycles. The van der Waals surface area contributed by atoms with Gasteiger partial charge in [0.1, 0.15) is 11.6 Å². The number of aromatic nitrogens is 1. The fraction of sp³-hybridized carbons (Fsp3) is 0.379. The van der Waals surface area contributed by atoms with Crippen molar-refractivity contribution >= 4 is 27.4 Å². The Kier molecular flexibility index (Phi) is 8.54. The highest BCUT2D eigenvalue weighted by Gasteiger charge is 2.41. The fourth-order valence-corrected chi connectivity index (χ4v) is 5.77. The molecule has 1 fully saturated rings. The Hall–Kier alpha value is -3.72. The van der Waals surface area contributed by atoms with E-state index in [9.17, 15) is 43.9 Å². The van der Waals surface area contributed by atoms with Crippen molar-refractivity contribution in [1.29, 1.82) is 0 Å². The van der Waals surface area contributed by atoms with E-state index in [1.807, 2.05) is 0 Å². The van der Waals surface area contributed by atoms with Crippen LogP contribution in [0.15, 0.2) is 48.7 Å². The summed E-state index contributed by atoms with van der Waals surface area (Å²) in [5.74, 6) is -1.03. The molecule has 3 aromatic rings. The van der Waals surface area contributed by atoms with Crippen molar-refractivity contribution in [1.82, 2.24) is 9.29 Å². The molecule has 0 bridgehead atoms. The van der Waals surface area contributed by atoms with Gasteiger partial charge in [0.25, 0.3) is 0 Å². The summed E-state index contributed by atoms with van der Waals surface area (Å²) in [6.07, 6.45) is -7.82. The summed E-state index contributed by atoms with van der Waals surface area (Å²) in [7, 11) is -2.18. The van der Waals surface area contributed by atoms with Crippen LogP contribution in [0.4, 0.5) is 42.2 Å². The molecule has 1 saturated heterocycles. The average Bonchev–Trinajstić information content (AvgIpc) is 3.42. The number of anilines is 2. The highest BCUT2D eigenvalue weighted by atomic mass is 32.2. The highest BCUT2D eigenvalue weighted by Crippen LogP contribution is 2.41. The van der Waals surface area contributed by atoms with E-state index >= 15 is 0 Å². The molecule has 0 unspecified atom stereocenters. The third-order valence-corrected chi connectivity index (χ3v) is 8.83. The van der Waals surface area contributed by atoms with E-state index in [1.54, 1.807) is 17.9 Å². The molecule has 0 radical (unpaired) electrons. The zero-order valence-electron chi connectivity index (χ0n) is 24.3. The van der Waals surface area contributed by atoms with Crippen molar-refractivity contribution in [2.45, 2.75) is 38.5 Å². The van der Waals surface area contributed by atoms with E-state index < -0.39 is 56.2 Å². The molecule has 0 N–H and O–H groups in total. The van der Waals surface area contributed by atoms with Crippen LogP contribution in [0.3, 0.4) is 0 Å². The van der Waals surface area contributed by atoms with Crippen LogP contribution in [0.25, 0.3) is 11.1 Å². The molecule has 1 aliphatic rings. The second-order valence-corrected chi connectivity index (χ2v) is 13.1. The molecule has 2 heterocycles. The van der Waals surface area contributed by atoms with Crippen molar-refractivity contribution in [3.8, 4) is 11.1 Å². The summed E-state index contributed by atoms with van der Waals surface area (Å²) in [5, 5.41) is 0. The molecule has 238 valence electrons. The number of hydrogen-bond donors (Lipinski definition) is 0. The van der Waals surface area contributed by atoms with Crippen molar-refractivity contribution in [3.05, 3.63) is 76.7 Å². The van der Waals surface area contributed by atoms with Crippen molar-refractivity contribution in [2.75, 3.05) is 42.9 Å². The van der Waals surface area contributed by atoms with Gasteiger partial charge in [-0.1, -0.05) is 6.07 Å². The SMILES string of the molecule is Cc1cc(F)ccc1-c1cc(N2CCN(S(C)(=O)=O)C2)ncc1N(C)C(=O)C(C)(C)c1cc(C(F)(F)F)cc(C(F)(F)F)c1. The van der Waals surface area contributed by atoms with Gasteiger partial charge in [0.2, 0.25) is 15.9 Å². The van der Waals surface area contributed by atoms with Gasteiger partial charge in [0, 0.05) is 25.7 Å². The predicted molar refractivity (Wildman–Crippen MR) is 151 cm³/mol. The average molecular weight is 647 g/mol. The summed E-state index contributed by atoms with van der Waals surface area (Å²) >= 11 is 0. The fourth-order valence-electron chi connectivity index (χ4n) is 5.01. The molecule has 44 heavy (non-hydrogen) atoms. The second kappa shape index (κ2) is 11.3. The lowest BCUT2D eigenvalue weighted by Gasteiger charge is -2.32. The number of nitrogens with zero attached hydrogens (tertiary/aromatic N) is 4. The molecule has 1 aromatic heterocycles. The Balaban J connectivity index is 1.81. The number of amides is 1. The van der Waals surface area contributed by atoms with Gasteiger partial charge in [-0.3, -0.25) is 4.79 Å². The highest BCUT2D eigenvalue weighted by molar-refractivity contribution is 7.88. The van der Waals surface area contributed by atoms with Gasteiger partial charge in [-0.05, 0) is 73.9 Å². The maximum Gasteiger partial charge on any atom is 0.416 e. The van der Waals surface area contributed by atoms with Gasteiger partial charge in [0.05, 0.1) is 41.4 Å². The molecular formula is C29H29F7N4O3S. The molecule has 0 saturated carbocycles. The summed E-state index contributed by atoms with van der Waals surface area (Å²) in [6, 6.07) is 6.53. The van der Waals surface area contributed by atoms with Crippen molar-refractivity contribution < 1.29 is 43.9 Å². The summed E-state index contributed by atoms with van der Waals surface area (Å²) < 4.78 is 121. The van der Waals surface area contributed by atoms with Gasteiger partial charge >= 0.3 is 12.4 Å². The smallest absolute Gasteiger partial charge is 0.341 e. The number of carbonyl (C=O) groups excluding carboxylic acids is 1. The predicted octanol–water partition coefficient (Wildman–Crippen LogP) is 6.21. The maximum atomic E-state index is 14.0. The number of likely N-dealkylation sites (N-methyl/N-ethyl adjacent to an activating group) is 1. The first-order chi connectivity index (χ1) is 20.1. The van der Waals surface area contributed by atoms with Gasteiger partial charge < -0.3 is 9.80 Å². The molecule has 4 rings (SSSR count). The lowest BCUT2D eigenvalue weighted by Crippen LogP contribution is -2.42. The minimum absolute atomic E-state index is 0.00487. The number of alkyl halides is 6. The number of rotatable bonds is 6. The first-order valence-corrected chi connectivity index (χ1v) is 15.0. The molecule has 0 atom stereocenters. The van der Waals surface area contributed by atoms with Gasteiger partial charge in [-0.2, -0.15) is 30.6 Å². The van der Waals surface area contributed by atoms with Crippen LogP contribution in [0.5, 0.6) is 0 Å². The van der Waals surface area contributed by atoms with Crippen LogP contribution in [0.2, 0.25) is 0 Å². The number of hydrogen-bond acceptors (Lipinski definition) is 5. The van der Waals surface area contributed by atoms with E-state index in [2.05, 4.69) is 4.98 Å². The Morgan fingerprint density at radius 1 is 0.886 bits per heavy atom.